The van der Waals surface area contributed by atoms with Gasteiger partial charge in [0, 0.05) is 24.4 Å². The van der Waals surface area contributed by atoms with Crippen molar-refractivity contribution < 1.29 is 24.2 Å². The van der Waals surface area contributed by atoms with Gasteiger partial charge in [0.1, 0.15) is 17.0 Å². The van der Waals surface area contributed by atoms with Crippen molar-refractivity contribution in [1.82, 2.24) is 4.90 Å². The first-order valence-electron chi connectivity index (χ1n) is 9.17. The van der Waals surface area contributed by atoms with E-state index in [1.165, 1.54) is 4.90 Å². The normalized spacial score (nSPS) is 23.8. The number of rotatable bonds is 6. The van der Waals surface area contributed by atoms with Gasteiger partial charge in [0.25, 0.3) is 0 Å². The SMILES string of the molecule is COc1ccc(OC)c(C2CC2C(=O)N(C)C2(C(=O)O)CCCCC2)c1. The number of hydrogen-bond acceptors (Lipinski definition) is 4. The molecule has 2 unspecified atom stereocenters. The summed E-state index contributed by atoms with van der Waals surface area (Å²) in [6.45, 7) is 0. The fraction of sp³-hybridized carbons (Fsp3) is 0.600. The number of likely N-dealkylation sites (N-methyl/N-ethyl adjacent to an activating group) is 1. The molecule has 0 spiro atoms. The second kappa shape index (κ2) is 7.17. The molecule has 2 saturated carbocycles. The number of carbonyl (C=O) groups is 2. The van der Waals surface area contributed by atoms with Crippen LogP contribution >= 0.6 is 0 Å². The lowest BCUT2D eigenvalue weighted by Crippen LogP contribution is -2.56. The van der Waals surface area contributed by atoms with E-state index in [1.807, 2.05) is 18.2 Å². The van der Waals surface area contributed by atoms with Gasteiger partial charge in [-0.3, -0.25) is 4.79 Å². The molecule has 142 valence electrons. The van der Waals surface area contributed by atoms with Crippen LogP contribution in [0.3, 0.4) is 0 Å². The fourth-order valence-electron chi connectivity index (χ4n) is 4.23. The summed E-state index contributed by atoms with van der Waals surface area (Å²) in [6, 6.07) is 5.58. The second-order valence-electron chi connectivity index (χ2n) is 7.35. The van der Waals surface area contributed by atoms with Gasteiger partial charge in [0.05, 0.1) is 14.2 Å². The Morgan fingerprint density at radius 2 is 1.85 bits per heavy atom. The summed E-state index contributed by atoms with van der Waals surface area (Å²) in [5.41, 5.74) is -0.104. The van der Waals surface area contributed by atoms with Crippen molar-refractivity contribution in [2.24, 2.45) is 5.92 Å². The van der Waals surface area contributed by atoms with E-state index in [2.05, 4.69) is 0 Å². The first-order valence-corrected chi connectivity index (χ1v) is 9.17. The largest absolute Gasteiger partial charge is 0.497 e. The maximum absolute atomic E-state index is 13.0. The molecule has 3 rings (SSSR count). The monoisotopic (exact) mass is 361 g/mol. The zero-order valence-corrected chi connectivity index (χ0v) is 15.7. The number of carboxylic acid groups (broad SMARTS) is 1. The second-order valence-corrected chi connectivity index (χ2v) is 7.35. The Morgan fingerprint density at radius 1 is 1.15 bits per heavy atom. The van der Waals surface area contributed by atoms with E-state index in [0.717, 1.165) is 36.3 Å². The van der Waals surface area contributed by atoms with E-state index in [4.69, 9.17) is 9.47 Å². The number of ether oxygens (including phenoxy) is 2. The first kappa shape index (κ1) is 18.5. The van der Waals surface area contributed by atoms with Crippen LogP contribution in [0.4, 0.5) is 0 Å². The Bertz CT molecular complexity index is 695. The molecule has 0 bridgehead atoms. The van der Waals surface area contributed by atoms with Gasteiger partial charge in [-0.25, -0.2) is 4.79 Å². The number of nitrogens with zero attached hydrogens (tertiary/aromatic N) is 1. The highest BCUT2D eigenvalue weighted by Gasteiger charge is 2.52. The highest BCUT2D eigenvalue weighted by molar-refractivity contribution is 5.90. The van der Waals surface area contributed by atoms with Crippen molar-refractivity contribution in [2.75, 3.05) is 21.3 Å². The highest BCUT2D eigenvalue weighted by Crippen LogP contribution is 2.52. The summed E-state index contributed by atoms with van der Waals surface area (Å²) in [5.74, 6) is 0.345. The summed E-state index contributed by atoms with van der Waals surface area (Å²) < 4.78 is 10.7. The maximum Gasteiger partial charge on any atom is 0.329 e. The number of hydrogen-bond donors (Lipinski definition) is 1. The molecule has 0 aliphatic heterocycles. The zero-order valence-electron chi connectivity index (χ0n) is 15.7. The molecule has 6 nitrogen and oxygen atoms in total. The van der Waals surface area contributed by atoms with Crippen LogP contribution in [0.1, 0.15) is 50.0 Å². The lowest BCUT2D eigenvalue weighted by atomic mass is 9.80. The number of carbonyl (C=O) groups excluding carboxylic acids is 1. The molecule has 1 aromatic carbocycles. The predicted molar refractivity (Wildman–Crippen MR) is 96.6 cm³/mol. The van der Waals surface area contributed by atoms with Crippen LogP contribution < -0.4 is 9.47 Å². The number of aliphatic carboxylic acids is 1. The minimum atomic E-state index is -1.05. The molecule has 2 fully saturated rings. The van der Waals surface area contributed by atoms with Crippen LogP contribution in [0.15, 0.2) is 18.2 Å². The van der Waals surface area contributed by atoms with E-state index >= 15 is 0 Å². The summed E-state index contributed by atoms with van der Waals surface area (Å²) in [6.07, 6.45) is 4.50. The van der Waals surface area contributed by atoms with Crippen molar-refractivity contribution in [3.05, 3.63) is 23.8 Å². The molecule has 6 heteroatoms. The summed E-state index contributed by atoms with van der Waals surface area (Å²) in [4.78, 5) is 26.5. The molecule has 1 N–H and O–H groups in total. The van der Waals surface area contributed by atoms with Gasteiger partial charge >= 0.3 is 5.97 Å². The lowest BCUT2D eigenvalue weighted by molar-refractivity contribution is -0.160. The molecule has 26 heavy (non-hydrogen) atoms. The molecule has 0 heterocycles. The predicted octanol–water partition coefficient (Wildman–Crippen LogP) is 3.05. The molecule has 0 aromatic heterocycles. The quantitative estimate of drug-likeness (QED) is 0.843. The average Bonchev–Trinajstić information content (AvgIpc) is 3.47. The fourth-order valence-corrected chi connectivity index (χ4v) is 4.23. The van der Waals surface area contributed by atoms with Crippen molar-refractivity contribution in [3.8, 4) is 11.5 Å². The topological polar surface area (TPSA) is 76.1 Å². The van der Waals surface area contributed by atoms with Crippen molar-refractivity contribution in [2.45, 2.75) is 50.0 Å². The Hall–Kier alpha value is -2.24. The van der Waals surface area contributed by atoms with E-state index in [0.29, 0.717) is 19.3 Å². The molecule has 1 aromatic rings. The molecule has 2 aliphatic carbocycles. The van der Waals surface area contributed by atoms with E-state index in [-0.39, 0.29) is 17.7 Å². The third kappa shape index (κ3) is 3.13. The molecule has 1 amide bonds. The molecule has 0 radical (unpaired) electrons. The number of carboxylic acids is 1. The van der Waals surface area contributed by atoms with Gasteiger partial charge in [-0.05, 0) is 37.5 Å². The van der Waals surface area contributed by atoms with Gasteiger partial charge in [0.15, 0.2) is 0 Å². The minimum absolute atomic E-state index is 0.0458. The van der Waals surface area contributed by atoms with E-state index in [1.54, 1.807) is 21.3 Å². The van der Waals surface area contributed by atoms with Crippen molar-refractivity contribution >= 4 is 11.9 Å². The first-order chi connectivity index (χ1) is 12.4. The Morgan fingerprint density at radius 3 is 2.42 bits per heavy atom. The van der Waals surface area contributed by atoms with Gasteiger partial charge in [0.2, 0.25) is 5.91 Å². The molecule has 0 saturated heterocycles. The molecule has 2 atom stereocenters. The van der Waals surface area contributed by atoms with E-state index in [9.17, 15) is 14.7 Å². The summed E-state index contributed by atoms with van der Waals surface area (Å²) in [7, 11) is 4.87. The number of benzene rings is 1. The van der Waals surface area contributed by atoms with Gasteiger partial charge < -0.3 is 19.5 Å². The maximum atomic E-state index is 13.0. The standard InChI is InChI=1S/C20H27NO5/c1-21(20(19(23)24)9-5-4-6-10-20)18(22)16-12-14(16)15-11-13(25-2)7-8-17(15)26-3/h7-8,11,14,16H,4-6,9-10,12H2,1-3H3,(H,23,24). The van der Waals surface area contributed by atoms with Gasteiger partial charge in [-0.15, -0.1) is 0 Å². The van der Waals surface area contributed by atoms with Crippen LogP contribution in [0.5, 0.6) is 11.5 Å². The van der Waals surface area contributed by atoms with Crippen LogP contribution in [-0.2, 0) is 9.59 Å². The smallest absolute Gasteiger partial charge is 0.329 e. The third-order valence-electron chi connectivity index (χ3n) is 6.00. The van der Waals surface area contributed by atoms with Crippen LogP contribution in [0.2, 0.25) is 0 Å². The molecule has 2 aliphatic rings. The summed E-state index contributed by atoms with van der Waals surface area (Å²) in [5, 5.41) is 9.81. The Balaban J connectivity index is 1.79. The lowest BCUT2D eigenvalue weighted by Gasteiger charge is -2.41. The summed E-state index contributed by atoms with van der Waals surface area (Å²) >= 11 is 0. The van der Waals surface area contributed by atoms with E-state index < -0.39 is 11.5 Å². The van der Waals surface area contributed by atoms with Crippen LogP contribution in [0.25, 0.3) is 0 Å². The van der Waals surface area contributed by atoms with Gasteiger partial charge in [-0.2, -0.15) is 0 Å². The third-order valence-corrected chi connectivity index (χ3v) is 6.00. The zero-order chi connectivity index (χ0) is 18.9. The number of methoxy groups -OCH3 is 2. The average molecular weight is 361 g/mol. The van der Waals surface area contributed by atoms with Crippen molar-refractivity contribution in [1.29, 1.82) is 0 Å². The molecular formula is C20H27NO5. The number of amides is 1. The Labute approximate surface area is 154 Å². The highest BCUT2D eigenvalue weighted by atomic mass is 16.5. The minimum Gasteiger partial charge on any atom is -0.497 e. The van der Waals surface area contributed by atoms with Crippen molar-refractivity contribution in [3.63, 3.8) is 0 Å². The molecular weight excluding hydrogens is 334 g/mol. The van der Waals surface area contributed by atoms with Crippen LogP contribution in [0, 0.1) is 5.92 Å². The Kier molecular flexibility index (Phi) is 5.12. The van der Waals surface area contributed by atoms with Gasteiger partial charge in [-0.1, -0.05) is 19.3 Å². The van der Waals surface area contributed by atoms with Crippen LogP contribution in [-0.4, -0.2) is 48.7 Å².